The molecule has 2 aromatic rings. The Kier molecular flexibility index (Phi) is 6.69. The predicted molar refractivity (Wildman–Crippen MR) is 110 cm³/mol. The Bertz CT molecular complexity index is 805. The molecule has 0 spiro atoms. The standard InChI is InChI=1S/C23H29N3O2/c1-17(2)22(18-9-4-3-5-10-18)25-23(28)24-15-19-11-6-7-12-20(19)16-26-14-8-13-21(26)27/h3-7,9-12,17,22H,8,13-16H2,1-2H3,(H2,24,25,28). The van der Waals surface area contributed by atoms with Crippen LogP contribution in [0.1, 0.15) is 49.4 Å². The first kappa shape index (κ1) is 19.9. The van der Waals surface area contributed by atoms with Crippen LogP contribution < -0.4 is 10.6 Å². The summed E-state index contributed by atoms with van der Waals surface area (Å²) in [4.78, 5) is 26.3. The number of benzene rings is 2. The molecule has 148 valence electrons. The monoisotopic (exact) mass is 379 g/mol. The molecule has 0 radical (unpaired) electrons. The summed E-state index contributed by atoms with van der Waals surface area (Å²) in [7, 11) is 0. The minimum atomic E-state index is -0.186. The van der Waals surface area contributed by atoms with E-state index in [1.54, 1.807) is 0 Å². The van der Waals surface area contributed by atoms with Crippen molar-refractivity contribution in [1.29, 1.82) is 0 Å². The van der Waals surface area contributed by atoms with E-state index in [1.165, 1.54) is 0 Å². The lowest BCUT2D eigenvalue weighted by Crippen LogP contribution is -2.39. The predicted octanol–water partition coefficient (Wildman–Crippen LogP) is 4.01. The van der Waals surface area contributed by atoms with Gasteiger partial charge < -0.3 is 15.5 Å². The summed E-state index contributed by atoms with van der Waals surface area (Å²) in [6.07, 6.45) is 1.57. The van der Waals surface area contributed by atoms with Crippen LogP contribution in [-0.4, -0.2) is 23.4 Å². The molecule has 2 N–H and O–H groups in total. The molecule has 1 saturated heterocycles. The van der Waals surface area contributed by atoms with Crippen molar-refractivity contribution in [3.05, 3.63) is 71.3 Å². The van der Waals surface area contributed by atoms with Crippen LogP contribution in [0, 0.1) is 5.92 Å². The molecule has 1 fully saturated rings. The van der Waals surface area contributed by atoms with Crippen LogP contribution >= 0.6 is 0 Å². The zero-order valence-corrected chi connectivity index (χ0v) is 16.7. The van der Waals surface area contributed by atoms with Crippen LogP contribution in [0.4, 0.5) is 4.79 Å². The molecule has 1 atom stereocenters. The molecule has 28 heavy (non-hydrogen) atoms. The average molecular weight is 380 g/mol. The van der Waals surface area contributed by atoms with E-state index in [4.69, 9.17) is 0 Å². The van der Waals surface area contributed by atoms with Gasteiger partial charge >= 0.3 is 6.03 Å². The second-order valence-corrected chi connectivity index (χ2v) is 7.65. The van der Waals surface area contributed by atoms with Gasteiger partial charge in [-0.05, 0) is 29.0 Å². The Morgan fingerprint density at radius 1 is 1.04 bits per heavy atom. The lowest BCUT2D eigenvalue weighted by molar-refractivity contribution is -0.128. The highest BCUT2D eigenvalue weighted by molar-refractivity contribution is 5.78. The van der Waals surface area contributed by atoms with Crippen molar-refractivity contribution in [3.8, 4) is 0 Å². The fourth-order valence-electron chi connectivity index (χ4n) is 3.62. The second-order valence-electron chi connectivity index (χ2n) is 7.65. The van der Waals surface area contributed by atoms with Gasteiger partial charge in [0.2, 0.25) is 5.91 Å². The maximum Gasteiger partial charge on any atom is 0.315 e. The van der Waals surface area contributed by atoms with Gasteiger partial charge in [-0.2, -0.15) is 0 Å². The summed E-state index contributed by atoms with van der Waals surface area (Å²) < 4.78 is 0. The van der Waals surface area contributed by atoms with E-state index in [0.717, 1.165) is 29.7 Å². The molecule has 0 aliphatic carbocycles. The Labute approximate surface area is 167 Å². The van der Waals surface area contributed by atoms with E-state index in [2.05, 4.69) is 24.5 Å². The number of hydrogen-bond acceptors (Lipinski definition) is 2. The van der Waals surface area contributed by atoms with Crippen LogP contribution in [0.3, 0.4) is 0 Å². The molecule has 3 rings (SSSR count). The highest BCUT2D eigenvalue weighted by Gasteiger charge is 2.21. The molecule has 1 aliphatic heterocycles. The first-order valence-corrected chi connectivity index (χ1v) is 9.98. The SMILES string of the molecule is CC(C)C(NC(=O)NCc1ccccc1CN1CCCC1=O)c1ccccc1. The second kappa shape index (κ2) is 9.40. The normalized spacial score (nSPS) is 15.0. The highest BCUT2D eigenvalue weighted by Crippen LogP contribution is 2.21. The number of nitrogens with one attached hydrogen (secondary N) is 2. The quantitative estimate of drug-likeness (QED) is 0.764. The van der Waals surface area contributed by atoms with Gasteiger partial charge in [-0.1, -0.05) is 68.4 Å². The third-order valence-electron chi connectivity index (χ3n) is 5.20. The molecule has 1 aliphatic rings. The number of carbonyl (C=O) groups excluding carboxylic acids is 2. The van der Waals surface area contributed by atoms with Gasteiger partial charge in [0.25, 0.3) is 0 Å². The molecular formula is C23H29N3O2. The van der Waals surface area contributed by atoms with Crippen molar-refractivity contribution >= 4 is 11.9 Å². The van der Waals surface area contributed by atoms with Gasteiger partial charge in [0, 0.05) is 26.1 Å². The van der Waals surface area contributed by atoms with Gasteiger partial charge in [0.05, 0.1) is 6.04 Å². The van der Waals surface area contributed by atoms with E-state index >= 15 is 0 Å². The summed E-state index contributed by atoms with van der Waals surface area (Å²) in [5, 5.41) is 6.07. The molecule has 0 saturated carbocycles. The smallest absolute Gasteiger partial charge is 0.315 e. The largest absolute Gasteiger partial charge is 0.338 e. The molecule has 0 aromatic heterocycles. The lowest BCUT2D eigenvalue weighted by atomic mass is 9.96. The number of nitrogens with zero attached hydrogens (tertiary/aromatic N) is 1. The van der Waals surface area contributed by atoms with Gasteiger partial charge in [-0.3, -0.25) is 4.79 Å². The third-order valence-corrected chi connectivity index (χ3v) is 5.20. The van der Waals surface area contributed by atoms with E-state index < -0.39 is 0 Å². The highest BCUT2D eigenvalue weighted by atomic mass is 16.2. The summed E-state index contributed by atoms with van der Waals surface area (Å²) >= 11 is 0. The van der Waals surface area contributed by atoms with Gasteiger partial charge in [0.15, 0.2) is 0 Å². The van der Waals surface area contributed by atoms with E-state index in [1.807, 2.05) is 59.5 Å². The van der Waals surface area contributed by atoms with Crippen LogP contribution in [0.5, 0.6) is 0 Å². The molecular weight excluding hydrogens is 350 g/mol. The van der Waals surface area contributed by atoms with Gasteiger partial charge in [-0.15, -0.1) is 0 Å². The maximum absolute atomic E-state index is 12.5. The number of urea groups is 1. The Morgan fingerprint density at radius 3 is 2.36 bits per heavy atom. The molecule has 1 unspecified atom stereocenters. The minimum Gasteiger partial charge on any atom is -0.338 e. The van der Waals surface area contributed by atoms with E-state index in [-0.39, 0.29) is 23.9 Å². The van der Waals surface area contributed by atoms with Gasteiger partial charge in [0.1, 0.15) is 0 Å². The van der Waals surface area contributed by atoms with Crippen molar-refractivity contribution < 1.29 is 9.59 Å². The van der Waals surface area contributed by atoms with Crippen molar-refractivity contribution in [2.45, 2.75) is 45.8 Å². The summed E-state index contributed by atoms with van der Waals surface area (Å²) in [5.41, 5.74) is 3.22. The molecule has 3 amide bonds. The molecule has 5 nitrogen and oxygen atoms in total. The number of amides is 3. The van der Waals surface area contributed by atoms with Crippen LogP contribution in [-0.2, 0) is 17.9 Å². The van der Waals surface area contributed by atoms with Crippen molar-refractivity contribution in [3.63, 3.8) is 0 Å². The fourth-order valence-corrected chi connectivity index (χ4v) is 3.62. The van der Waals surface area contributed by atoms with Crippen molar-refractivity contribution in [1.82, 2.24) is 15.5 Å². The van der Waals surface area contributed by atoms with Crippen LogP contribution in [0.15, 0.2) is 54.6 Å². The Hall–Kier alpha value is -2.82. The van der Waals surface area contributed by atoms with E-state index in [9.17, 15) is 9.59 Å². The number of likely N-dealkylation sites (tertiary alicyclic amines) is 1. The molecule has 0 bridgehead atoms. The molecule has 5 heteroatoms. The molecule has 2 aromatic carbocycles. The van der Waals surface area contributed by atoms with Crippen molar-refractivity contribution in [2.75, 3.05) is 6.54 Å². The number of hydrogen-bond donors (Lipinski definition) is 2. The minimum absolute atomic E-state index is 0.0429. The van der Waals surface area contributed by atoms with Crippen molar-refractivity contribution in [2.24, 2.45) is 5.92 Å². The van der Waals surface area contributed by atoms with Gasteiger partial charge in [-0.25, -0.2) is 4.79 Å². The van der Waals surface area contributed by atoms with E-state index in [0.29, 0.717) is 19.5 Å². The Balaban J connectivity index is 1.60. The average Bonchev–Trinajstić information content (AvgIpc) is 3.10. The maximum atomic E-state index is 12.5. The summed E-state index contributed by atoms with van der Waals surface area (Å²) in [6.45, 7) is 6.05. The summed E-state index contributed by atoms with van der Waals surface area (Å²) in [6, 6.07) is 17.8. The fraction of sp³-hybridized carbons (Fsp3) is 0.391. The Morgan fingerprint density at radius 2 is 1.71 bits per heavy atom. The number of rotatable bonds is 7. The number of carbonyl (C=O) groups is 2. The van der Waals surface area contributed by atoms with Crippen LogP contribution in [0.2, 0.25) is 0 Å². The third kappa shape index (κ3) is 5.12. The first-order valence-electron chi connectivity index (χ1n) is 9.98. The zero-order valence-electron chi connectivity index (χ0n) is 16.7. The molecule has 1 heterocycles. The zero-order chi connectivity index (χ0) is 19.9. The first-order chi connectivity index (χ1) is 13.5. The lowest BCUT2D eigenvalue weighted by Gasteiger charge is -2.23. The van der Waals surface area contributed by atoms with Crippen LogP contribution in [0.25, 0.3) is 0 Å². The topological polar surface area (TPSA) is 61.4 Å². The summed E-state index contributed by atoms with van der Waals surface area (Å²) in [5.74, 6) is 0.491.